The second kappa shape index (κ2) is 11.2. The number of nitrogens with zero attached hydrogens (tertiary/aromatic N) is 2. The fourth-order valence-electron chi connectivity index (χ4n) is 3.12. The van der Waals surface area contributed by atoms with Crippen molar-refractivity contribution in [3.63, 3.8) is 0 Å². The third kappa shape index (κ3) is 7.66. The molecule has 7 nitrogen and oxygen atoms in total. The zero-order valence-electron chi connectivity index (χ0n) is 14.6. The molecule has 0 spiro atoms. The molecule has 2 heterocycles. The molecule has 2 amide bonds. The molecular weight excluding hydrogens is 367 g/mol. The molecule has 1 aliphatic carbocycles. The number of piperazine rings is 1. The normalized spacial score (nSPS) is 23.5. The second-order valence-electron chi connectivity index (χ2n) is 6.76. The van der Waals surface area contributed by atoms with E-state index in [1.165, 1.54) is 0 Å². The molecule has 25 heavy (non-hydrogen) atoms. The molecule has 0 aromatic rings. The summed E-state index contributed by atoms with van der Waals surface area (Å²) in [4.78, 5) is 28.0. The van der Waals surface area contributed by atoms with Gasteiger partial charge in [0.25, 0.3) is 0 Å². The fraction of sp³-hybridized carbons (Fsp3) is 0.875. The lowest BCUT2D eigenvalue weighted by Gasteiger charge is -2.34. The van der Waals surface area contributed by atoms with Gasteiger partial charge < -0.3 is 20.3 Å². The Bertz CT molecular complexity index is 424. The van der Waals surface area contributed by atoms with Crippen LogP contribution in [-0.4, -0.2) is 86.2 Å². The van der Waals surface area contributed by atoms with Crippen molar-refractivity contribution in [3.05, 3.63) is 0 Å². The van der Waals surface area contributed by atoms with Gasteiger partial charge in [-0.1, -0.05) is 0 Å². The minimum Gasteiger partial charge on any atom is -0.377 e. The van der Waals surface area contributed by atoms with Gasteiger partial charge in [0.15, 0.2) is 0 Å². The Morgan fingerprint density at radius 3 is 2.36 bits per heavy atom. The molecule has 1 atom stereocenters. The molecule has 3 aliphatic rings. The summed E-state index contributed by atoms with van der Waals surface area (Å²) in [6.45, 7) is 5.39. The van der Waals surface area contributed by atoms with Crippen molar-refractivity contribution in [1.29, 1.82) is 0 Å². The lowest BCUT2D eigenvalue weighted by molar-refractivity contribution is -0.132. The highest BCUT2D eigenvalue weighted by Gasteiger charge is 2.26. The van der Waals surface area contributed by atoms with Crippen LogP contribution in [0.1, 0.15) is 25.7 Å². The zero-order chi connectivity index (χ0) is 16.1. The van der Waals surface area contributed by atoms with Crippen molar-refractivity contribution < 1.29 is 14.3 Å². The van der Waals surface area contributed by atoms with Gasteiger partial charge in [-0.3, -0.25) is 14.5 Å². The molecule has 2 N–H and O–H groups in total. The molecule has 3 fully saturated rings. The lowest BCUT2D eigenvalue weighted by Crippen LogP contribution is -2.53. The Balaban J connectivity index is 0.00000156. The van der Waals surface area contributed by atoms with Gasteiger partial charge in [0.1, 0.15) is 0 Å². The first-order valence-electron chi connectivity index (χ1n) is 8.82. The maximum absolute atomic E-state index is 12.2. The quantitative estimate of drug-likeness (QED) is 0.634. The van der Waals surface area contributed by atoms with Crippen LogP contribution < -0.4 is 10.6 Å². The number of halogens is 2. The van der Waals surface area contributed by atoms with Gasteiger partial charge in [-0.05, 0) is 25.7 Å². The summed E-state index contributed by atoms with van der Waals surface area (Å²) in [5.74, 6) is 0.260. The lowest BCUT2D eigenvalue weighted by atomic mass is 10.2. The number of hydrogen-bond acceptors (Lipinski definition) is 5. The number of ether oxygens (including phenoxy) is 1. The Morgan fingerprint density at radius 1 is 1.04 bits per heavy atom. The van der Waals surface area contributed by atoms with Crippen molar-refractivity contribution >= 4 is 36.6 Å². The fourth-order valence-corrected chi connectivity index (χ4v) is 3.12. The Morgan fingerprint density at radius 2 is 1.76 bits per heavy atom. The molecule has 3 rings (SSSR count). The number of nitrogens with one attached hydrogen (secondary N) is 2. The van der Waals surface area contributed by atoms with E-state index in [9.17, 15) is 9.59 Å². The monoisotopic (exact) mass is 396 g/mol. The van der Waals surface area contributed by atoms with Gasteiger partial charge in [0.2, 0.25) is 11.8 Å². The first-order valence-corrected chi connectivity index (χ1v) is 8.82. The van der Waals surface area contributed by atoms with Gasteiger partial charge >= 0.3 is 0 Å². The summed E-state index contributed by atoms with van der Waals surface area (Å²) < 4.78 is 5.53. The van der Waals surface area contributed by atoms with Gasteiger partial charge in [-0.2, -0.15) is 0 Å². The maximum atomic E-state index is 12.2. The van der Waals surface area contributed by atoms with Crippen molar-refractivity contribution in [2.45, 2.75) is 37.8 Å². The van der Waals surface area contributed by atoms with Gasteiger partial charge in [-0.15, -0.1) is 24.8 Å². The Hall–Kier alpha value is -0.600. The van der Waals surface area contributed by atoms with Crippen LogP contribution in [-0.2, 0) is 14.3 Å². The first kappa shape index (κ1) is 22.4. The van der Waals surface area contributed by atoms with Gasteiger partial charge in [0.05, 0.1) is 19.2 Å². The molecule has 0 bridgehead atoms. The van der Waals surface area contributed by atoms with E-state index in [-0.39, 0.29) is 42.7 Å². The smallest absolute Gasteiger partial charge is 0.236 e. The molecule has 2 saturated heterocycles. The summed E-state index contributed by atoms with van der Waals surface area (Å²) in [5.41, 5.74) is 0. The average molecular weight is 397 g/mol. The number of carbonyl (C=O) groups is 2. The summed E-state index contributed by atoms with van der Waals surface area (Å²) in [6.07, 6.45) is 4.71. The first-order chi connectivity index (χ1) is 11.2. The van der Waals surface area contributed by atoms with E-state index in [1.807, 2.05) is 4.90 Å². The predicted octanol–water partition coefficient (Wildman–Crippen LogP) is 0.0214. The molecule has 1 unspecified atom stereocenters. The highest BCUT2D eigenvalue weighted by atomic mass is 35.5. The summed E-state index contributed by atoms with van der Waals surface area (Å²) >= 11 is 0. The maximum Gasteiger partial charge on any atom is 0.236 e. The minimum atomic E-state index is 0. The highest BCUT2D eigenvalue weighted by Crippen LogP contribution is 2.18. The van der Waals surface area contributed by atoms with Crippen molar-refractivity contribution in [2.24, 2.45) is 0 Å². The molecule has 2 aliphatic heterocycles. The van der Waals surface area contributed by atoms with Crippen LogP contribution >= 0.6 is 24.8 Å². The molecule has 1 saturated carbocycles. The largest absolute Gasteiger partial charge is 0.377 e. The Kier molecular flexibility index (Phi) is 10.0. The number of amides is 2. The van der Waals surface area contributed by atoms with E-state index in [0.717, 1.165) is 51.9 Å². The molecule has 0 aromatic carbocycles. The van der Waals surface area contributed by atoms with Crippen molar-refractivity contribution in [3.8, 4) is 0 Å². The standard InChI is InChI=1S/C16H28N4O3.2ClH/c21-15(18-13-3-4-13)12-19-5-7-20(8-6-19)16(22)11-17-10-14-2-1-9-23-14;;/h13-14,17H,1-12H2,(H,18,21);2*1H. The number of carbonyl (C=O) groups excluding carboxylic acids is 2. The van der Waals surface area contributed by atoms with Crippen LogP contribution in [0.4, 0.5) is 0 Å². The summed E-state index contributed by atoms with van der Waals surface area (Å²) in [7, 11) is 0. The van der Waals surface area contributed by atoms with E-state index in [0.29, 0.717) is 32.2 Å². The third-order valence-electron chi connectivity index (χ3n) is 4.71. The van der Waals surface area contributed by atoms with Crippen LogP contribution in [0, 0.1) is 0 Å². The van der Waals surface area contributed by atoms with Crippen LogP contribution in [0.3, 0.4) is 0 Å². The average Bonchev–Trinajstić information content (AvgIpc) is 3.20. The Labute approximate surface area is 162 Å². The minimum absolute atomic E-state index is 0. The topological polar surface area (TPSA) is 73.9 Å². The number of rotatable bonds is 7. The molecule has 0 radical (unpaired) electrons. The molecular formula is C16H30Cl2N4O3. The van der Waals surface area contributed by atoms with E-state index in [2.05, 4.69) is 15.5 Å². The van der Waals surface area contributed by atoms with Crippen LogP contribution in [0.5, 0.6) is 0 Å². The predicted molar refractivity (Wildman–Crippen MR) is 101 cm³/mol. The van der Waals surface area contributed by atoms with Crippen molar-refractivity contribution in [2.75, 3.05) is 52.4 Å². The van der Waals surface area contributed by atoms with E-state index in [1.54, 1.807) is 0 Å². The van der Waals surface area contributed by atoms with Crippen molar-refractivity contribution in [1.82, 2.24) is 20.4 Å². The summed E-state index contributed by atoms with van der Waals surface area (Å²) in [5, 5.41) is 6.21. The SMILES string of the molecule is Cl.Cl.O=C(CN1CCN(C(=O)CNCC2CCCO2)CC1)NC1CC1. The van der Waals surface area contributed by atoms with Crippen LogP contribution in [0.15, 0.2) is 0 Å². The van der Waals surface area contributed by atoms with Crippen LogP contribution in [0.25, 0.3) is 0 Å². The second-order valence-corrected chi connectivity index (χ2v) is 6.76. The third-order valence-corrected chi connectivity index (χ3v) is 4.71. The molecule has 9 heteroatoms. The van der Waals surface area contributed by atoms with Gasteiger partial charge in [-0.25, -0.2) is 0 Å². The van der Waals surface area contributed by atoms with E-state index < -0.39 is 0 Å². The molecule has 0 aromatic heterocycles. The highest BCUT2D eigenvalue weighted by molar-refractivity contribution is 5.85. The molecule has 146 valence electrons. The van der Waals surface area contributed by atoms with Crippen LogP contribution in [0.2, 0.25) is 0 Å². The zero-order valence-corrected chi connectivity index (χ0v) is 16.2. The van der Waals surface area contributed by atoms with E-state index in [4.69, 9.17) is 4.74 Å². The van der Waals surface area contributed by atoms with E-state index >= 15 is 0 Å². The van der Waals surface area contributed by atoms with Gasteiger partial charge in [0, 0.05) is 45.4 Å². The summed E-state index contributed by atoms with van der Waals surface area (Å²) in [6, 6.07) is 0.417. The number of hydrogen-bond donors (Lipinski definition) is 2.